The third-order valence-corrected chi connectivity index (χ3v) is 13.1. The molecule has 0 spiro atoms. The molecular formula is C47H74N4O13. The zero-order valence-electron chi connectivity index (χ0n) is 38.9. The highest BCUT2D eigenvalue weighted by Gasteiger charge is 2.52. The molecule has 0 radical (unpaired) electrons. The van der Waals surface area contributed by atoms with Crippen LogP contribution in [0.3, 0.4) is 0 Å². The van der Waals surface area contributed by atoms with Crippen molar-refractivity contribution in [2.24, 2.45) is 11.8 Å². The summed E-state index contributed by atoms with van der Waals surface area (Å²) in [6.45, 7) is 10.7. The number of rotatable bonds is 14. The number of aldehydes is 1. The van der Waals surface area contributed by atoms with Crippen LogP contribution in [0.1, 0.15) is 85.1 Å². The van der Waals surface area contributed by atoms with Gasteiger partial charge in [-0.25, -0.2) is 0 Å². The maximum atomic E-state index is 13.3. The lowest BCUT2D eigenvalue weighted by atomic mass is 9.82. The highest BCUT2D eigenvalue weighted by molar-refractivity contribution is 5.81. The molecule has 17 nitrogen and oxygen atoms in total. The van der Waals surface area contributed by atoms with Gasteiger partial charge in [-0.05, 0) is 103 Å². The standard InChI is InChI=1S/C47H74N4O13/c1-9-38(56)62-45-30(4)60-39(26-47(45,5)58)63-42-29(3)61-46(41(57)40(42)50(6)7)64-43-32(18-23-52)24-28(2)36(54)27-51(22-13-19-49-37(55)25-35(53)44(43)59-8)21-12-14-31-17-20-48-34-16-11-10-15-33(31)34/h10-11,15-17,20,23,28-30,32,35-36,39-46,53-54,57-58H,9,12-14,18-19,21-22,24-27H2,1-8H3,(H,49,55)/t28-,29?,30?,32+,35-,36+,39+,40?,41?,42+,43+,44+,45+,46+,47?/m1/s1. The number of β-amino-alcohol motifs (C(OH)–C–C–N with tert-alkyl or cyclic N) is 1. The summed E-state index contributed by atoms with van der Waals surface area (Å²) in [5, 5.41) is 50.9. The first-order valence-corrected chi connectivity index (χ1v) is 23.0. The fourth-order valence-corrected chi connectivity index (χ4v) is 9.69. The molecule has 5 unspecified atom stereocenters. The van der Waals surface area contributed by atoms with Gasteiger partial charge in [-0.1, -0.05) is 32.0 Å². The molecule has 5 rings (SSSR count). The van der Waals surface area contributed by atoms with Crippen molar-refractivity contribution in [3.05, 3.63) is 42.1 Å². The highest BCUT2D eigenvalue weighted by Crippen LogP contribution is 2.37. The largest absolute Gasteiger partial charge is 0.457 e. The molecule has 64 heavy (non-hydrogen) atoms. The number of nitrogens with zero attached hydrogens (tertiary/aromatic N) is 3. The van der Waals surface area contributed by atoms with Crippen LogP contribution in [0, 0.1) is 11.8 Å². The Labute approximate surface area is 378 Å². The molecule has 5 N–H and O–H groups in total. The molecule has 15 atom stereocenters. The minimum atomic E-state index is -1.48. The molecular weight excluding hydrogens is 829 g/mol. The van der Waals surface area contributed by atoms with Crippen molar-refractivity contribution < 1.29 is 63.2 Å². The van der Waals surface area contributed by atoms with E-state index in [4.69, 9.17) is 28.4 Å². The number of para-hydroxylation sites is 1. The second kappa shape index (κ2) is 24.0. The van der Waals surface area contributed by atoms with E-state index >= 15 is 0 Å². The normalized spacial score (nSPS) is 36.5. The topological polar surface area (TPSA) is 219 Å². The molecule has 2 aromatic rings. The number of amides is 1. The maximum Gasteiger partial charge on any atom is 0.305 e. The van der Waals surface area contributed by atoms with Crippen molar-refractivity contribution in [3.8, 4) is 0 Å². The number of aromatic nitrogens is 1. The van der Waals surface area contributed by atoms with Crippen molar-refractivity contribution in [2.45, 2.75) is 165 Å². The van der Waals surface area contributed by atoms with Crippen molar-refractivity contribution in [1.29, 1.82) is 0 Å². The van der Waals surface area contributed by atoms with Crippen LogP contribution in [-0.2, 0) is 49.2 Å². The summed E-state index contributed by atoms with van der Waals surface area (Å²) in [4.78, 5) is 46.3. The van der Waals surface area contributed by atoms with E-state index in [0.717, 1.165) is 30.0 Å². The third-order valence-electron chi connectivity index (χ3n) is 13.1. The number of likely N-dealkylation sites (N-methyl/N-ethyl adjacent to an activating group) is 1. The van der Waals surface area contributed by atoms with Crippen LogP contribution >= 0.6 is 0 Å². The van der Waals surface area contributed by atoms with Crippen molar-refractivity contribution in [1.82, 2.24) is 20.1 Å². The number of benzene rings is 1. The van der Waals surface area contributed by atoms with E-state index in [-0.39, 0.29) is 43.9 Å². The molecule has 17 heteroatoms. The lowest BCUT2D eigenvalue weighted by Gasteiger charge is -2.50. The van der Waals surface area contributed by atoms with Gasteiger partial charge in [0.2, 0.25) is 5.91 Å². The Morgan fingerprint density at radius 1 is 1.05 bits per heavy atom. The van der Waals surface area contributed by atoms with Crippen LogP contribution in [0.4, 0.5) is 0 Å². The fourth-order valence-electron chi connectivity index (χ4n) is 9.69. The summed E-state index contributed by atoms with van der Waals surface area (Å²) < 4.78 is 37.1. The molecule has 1 aromatic heterocycles. The quantitative estimate of drug-likeness (QED) is 0.136. The Bertz CT molecular complexity index is 1780. The third kappa shape index (κ3) is 13.5. The smallest absolute Gasteiger partial charge is 0.305 e. The van der Waals surface area contributed by atoms with Gasteiger partial charge in [0.15, 0.2) is 18.7 Å². The number of hydrogen-bond donors (Lipinski definition) is 5. The summed E-state index contributed by atoms with van der Waals surface area (Å²) in [6.07, 6.45) is -6.25. The van der Waals surface area contributed by atoms with Crippen LogP contribution in [0.25, 0.3) is 10.9 Å². The SMILES string of the molecule is CCC(=O)O[C@H]1C(C)O[C@@H](O[C@H]2C(C)O[C@@H](O[C@H]3[C@@H](CC=O)C[C@@H](C)[C@@H](O)CN(CCCc4ccnc5ccccc45)CCCNC(=O)C[C@@H](O)[C@@H]3OC)C(O)C2N(C)C)CC1(C)O. The van der Waals surface area contributed by atoms with Gasteiger partial charge in [-0.15, -0.1) is 0 Å². The molecule has 3 saturated heterocycles. The molecule has 3 aliphatic rings. The number of carbonyl (C=O) groups excluding carboxylic acids is 3. The lowest BCUT2D eigenvalue weighted by Crippen LogP contribution is -2.66. The number of fused-ring (bicyclic) bond motifs is 1. The minimum absolute atomic E-state index is 0.0281. The van der Waals surface area contributed by atoms with Crippen LogP contribution in [0.2, 0.25) is 0 Å². The van der Waals surface area contributed by atoms with Gasteiger partial charge in [0.25, 0.3) is 0 Å². The van der Waals surface area contributed by atoms with Crippen molar-refractivity contribution in [2.75, 3.05) is 47.4 Å². The first-order valence-electron chi connectivity index (χ1n) is 23.0. The molecule has 360 valence electrons. The number of esters is 1. The number of methoxy groups -OCH3 is 1. The molecule has 3 aliphatic heterocycles. The Kier molecular flexibility index (Phi) is 19.4. The van der Waals surface area contributed by atoms with Crippen LogP contribution < -0.4 is 5.32 Å². The molecule has 0 bridgehead atoms. The fraction of sp³-hybridized carbons (Fsp3) is 0.745. The van der Waals surface area contributed by atoms with E-state index in [1.807, 2.05) is 37.4 Å². The van der Waals surface area contributed by atoms with Crippen LogP contribution in [-0.4, -0.2) is 180 Å². The van der Waals surface area contributed by atoms with E-state index in [9.17, 15) is 34.8 Å². The maximum absolute atomic E-state index is 13.3. The van der Waals surface area contributed by atoms with Gasteiger partial charge in [0, 0.05) is 51.0 Å². The minimum Gasteiger partial charge on any atom is -0.457 e. The Hall–Kier alpha value is -3.20. The van der Waals surface area contributed by atoms with Gasteiger partial charge in [-0.2, -0.15) is 0 Å². The van der Waals surface area contributed by atoms with Crippen molar-refractivity contribution >= 4 is 29.1 Å². The number of aryl methyl sites for hydroxylation is 1. The molecule has 0 aliphatic carbocycles. The summed E-state index contributed by atoms with van der Waals surface area (Å²) >= 11 is 0. The molecule has 1 amide bonds. The molecule has 1 aromatic carbocycles. The zero-order valence-corrected chi connectivity index (χ0v) is 38.9. The number of nitrogens with one attached hydrogen (secondary N) is 1. The Morgan fingerprint density at radius 3 is 2.48 bits per heavy atom. The second-order valence-corrected chi connectivity index (χ2v) is 18.5. The van der Waals surface area contributed by atoms with Gasteiger partial charge in [0.05, 0.1) is 48.5 Å². The van der Waals surface area contributed by atoms with Gasteiger partial charge in [-0.3, -0.25) is 14.6 Å². The first kappa shape index (κ1) is 51.8. The number of pyridine rings is 1. The molecule has 3 fully saturated rings. The first-order chi connectivity index (χ1) is 30.5. The average Bonchev–Trinajstić information content (AvgIpc) is 3.24. The predicted molar refractivity (Wildman–Crippen MR) is 237 cm³/mol. The number of hydrogen-bond acceptors (Lipinski definition) is 16. The van der Waals surface area contributed by atoms with Gasteiger partial charge in [0.1, 0.15) is 30.2 Å². The van der Waals surface area contributed by atoms with Gasteiger partial charge < -0.3 is 68.8 Å². The second-order valence-electron chi connectivity index (χ2n) is 18.5. The number of aliphatic hydroxyl groups excluding tert-OH is 3. The Balaban J connectivity index is 1.34. The molecule has 4 heterocycles. The highest BCUT2D eigenvalue weighted by atomic mass is 16.7. The molecule has 0 saturated carbocycles. The summed E-state index contributed by atoms with van der Waals surface area (Å²) in [6, 6.07) is 9.35. The van der Waals surface area contributed by atoms with E-state index in [1.54, 1.807) is 46.7 Å². The van der Waals surface area contributed by atoms with Crippen LogP contribution in [0.5, 0.6) is 0 Å². The number of carbonyl (C=O) groups is 3. The summed E-state index contributed by atoms with van der Waals surface area (Å²) in [7, 11) is 4.93. The number of aliphatic hydroxyl groups is 4. The Morgan fingerprint density at radius 2 is 1.80 bits per heavy atom. The monoisotopic (exact) mass is 903 g/mol. The predicted octanol–water partition coefficient (Wildman–Crippen LogP) is 2.36. The summed E-state index contributed by atoms with van der Waals surface area (Å²) in [5.41, 5.74) is 0.670. The van der Waals surface area contributed by atoms with Gasteiger partial charge >= 0.3 is 5.97 Å². The summed E-state index contributed by atoms with van der Waals surface area (Å²) in [5.74, 6) is -1.83. The van der Waals surface area contributed by atoms with Crippen LogP contribution in [0.15, 0.2) is 36.5 Å². The van der Waals surface area contributed by atoms with E-state index < -0.39 is 91.0 Å². The van der Waals surface area contributed by atoms with E-state index in [1.165, 1.54) is 12.7 Å². The van der Waals surface area contributed by atoms with Crippen molar-refractivity contribution in [3.63, 3.8) is 0 Å². The average molecular weight is 903 g/mol. The van der Waals surface area contributed by atoms with E-state index in [2.05, 4.69) is 21.3 Å². The lowest BCUT2D eigenvalue weighted by molar-refractivity contribution is -0.344. The van der Waals surface area contributed by atoms with E-state index in [0.29, 0.717) is 32.6 Å². The number of ether oxygens (including phenoxy) is 6. The zero-order chi connectivity index (χ0) is 46.7.